The lowest BCUT2D eigenvalue weighted by Crippen LogP contribution is -2.59. The average Bonchev–Trinajstić information content (AvgIpc) is 3.82. The maximum absolute atomic E-state index is 13.9. The number of halogens is 5. The lowest BCUT2D eigenvalue weighted by atomic mass is 9.79. The Morgan fingerprint density at radius 3 is 2.49 bits per heavy atom. The molecule has 3 fully saturated rings. The molecular formula is C30H31ClF4N2O4. The molecule has 220 valence electrons. The number of nitrogens with zero attached hydrogens (tertiary/aromatic N) is 2. The SMILES string of the molecule is O=C[C@@H]1CN([C@@H]2CC[C@@](C(=O)N3COc4c(Cl)cc(C(F)(F)F)cc4C3)(C3CC3)OC2)CC[C@H]1c1ccc(F)cc1. The molecule has 2 aromatic carbocycles. The lowest BCUT2D eigenvalue weighted by molar-refractivity contribution is -0.180. The molecule has 1 aliphatic carbocycles. The van der Waals surface area contributed by atoms with E-state index in [4.69, 9.17) is 21.1 Å². The van der Waals surface area contributed by atoms with Gasteiger partial charge in [-0.2, -0.15) is 13.2 Å². The van der Waals surface area contributed by atoms with Crippen LogP contribution in [0.4, 0.5) is 17.6 Å². The van der Waals surface area contributed by atoms with Gasteiger partial charge in [0, 0.05) is 24.1 Å². The molecule has 0 aromatic heterocycles. The Kier molecular flexibility index (Phi) is 7.53. The standard InChI is InChI=1S/C30H31ClF4N2O4/c31-26-12-22(30(33,34)35)11-19-13-37(17-40-27(19)26)28(39)29(21-3-4-21)9-7-24(16-41-29)36-10-8-25(20(14-36)15-38)18-1-5-23(32)6-2-18/h1-2,5-6,11-12,15,20-21,24-25H,3-4,7-10,13-14,16-17H2/t20-,24+,25-,29-/m0/s1. The van der Waals surface area contributed by atoms with Gasteiger partial charge >= 0.3 is 6.18 Å². The van der Waals surface area contributed by atoms with Crippen molar-refractivity contribution >= 4 is 23.8 Å². The summed E-state index contributed by atoms with van der Waals surface area (Å²) in [6, 6.07) is 8.19. The number of carbonyl (C=O) groups excluding carboxylic acids is 2. The minimum Gasteiger partial charge on any atom is -0.471 e. The van der Waals surface area contributed by atoms with Crippen LogP contribution in [-0.4, -0.2) is 60.1 Å². The fraction of sp³-hybridized carbons (Fsp3) is 0.533. The Morgan fingerprint density at radius 2 is 1.85 bits per heavy atom. The number of piperidine rings is 1. The Balaban J connectivity index is 1.13. The van der Waals surface area contributed by atoms with Crippen LogP contribution in [0.15, 0.2) is 36.4 Å². The highest BCUT2D eigenvalue weighted by molar-refractivity contribution is 6.32. The zero-order valence-electron chi connectivity index (χ0n) is 22.3. The molecule has 6 nitrogen and oxygen atoms in total. The number of fused-ring (bicyclic) bond motifs is 1. The fourth-order valence-corrected chi connectivity index (χ4v) is 7.06. The van der Waals surface area contributed by atoms with Gasteiger partial charge in [0.15, 0.2) is 6.73 Å². The number of benzene rings is 2. The number of amides is 1. The van der Waals surface area contributed by atoms with Crippen molar-refractivity contribution in [3.8, 4) is 5.75 Å². The van der Waals surface area contributed by atoms with Gasteiger partial charge in [-0.15, -0.1) is 0 Å². The second-order valence-electron chi connectivity index (χ2n) is 11.6. The molecule has 0 bridgehead atoms. The minimum atomic E-state index is -4.57. The van der Waals surface area contributed by atoms with Crippen LogP contribution >= 0.6 is 11.6 Å². The zero-order valence-corrected chi connectivity index (χ0v) is 23.1. The van der Waals surface area contributed by atoms with Gasteiger partial charge in [-0.25, -0.2) is 4.39 Å². The second-order valence-corrected chi connectivity index (χ2v) is 12.0. The van der Waals surface area contributed by atoms with Crippen molar-refractivity contribution in [2.75, 3.05) is 26.4 Å². The molecule has 1 saturated carbocycles. The van der Waals surface area contributed by atoms with Crippen molar-refractivity contribution in [1.82, 2.24) is 9.80 Å². The van der Waals surface area contributed by atoms with Crippen molar-refractivity contribution < 1.29 is 36.6 Å². The van der Waals surface area contributed by atoms with E-state index in [1.807, 2.05) is 0 Å². The molecule has 2 saturated heterocycles. The number of hydrogen-bond donors (Lipinski definition) is 0. The molecule has 0 spiro atoms. The minimum absolute atomic E-state index is 0.0225. The van der Waals surface area contributed by atoms with Crippen molar-refractivity contribution in [2.45, 2.75) is 62.4 Å². The Morgan fingerprint density at radius 1 is 1.10 bits per heavy atom. The summed E-state index contributed by atoms with van der Waals surface area (Å²) in [5.41, 5.74) is -0.757. The maximum Gasteiger partial charge on any atom is 0.416 e. The molecule has 3 aliphatic heterocycles. The number of rotatable bonds is 5. The van der Waals surface area contributed by atoms with Crippen molar-refractivity contribution in [3.05, 3.63) is 63.9 Å². The average molecular weight is 595 g/mol. The number of hydrogen-bond acceptors (Lipinski definition) is 5. The first-order chi connectivity index (χ1) is 19.6. The van der Waals surface area contributed by atoms with Gasteiger partial charge in [0.25, 0.3) is 5.91 Å². The van der Waals surface area contributed by atoms with E-state index in [1.165, 1.54) is 17.0 Å². The van der Waals surface area contributed by atoms with E-state index in [9.17, 15) is 27.2 Å². The molecule has 6 rings (SSSR count). The molecule has 41 heavy (non-hydrogen) atoms. The van der Waals surface area contributed by atoms with E-state index >= 15 is 0 Å². The molecule has 0 radical (unpaired) electrons. The summed E-state index contributed by atoms with van der Waals surface area (Å²) < 4.78 is 65.7. The summed E-state index contributed by atoms with van der Waals surface area (Å²) in [7, 11) is 0. The largest absolute Gasteiger partial charge is 0.471 e. The van der Waals surface area contributed by atoms with Crippen LogP contribution in [-0.2, 0) is 27.0 Å². The third-order valence-corrected chi connectivity index (χ3v) is 9.40. The summed E-state index contributed by atoms with van der Waals surface area (Å²) in [6.45, 7) is 1.48. The van der Waals surface area contributed by atoms with Gasteiger partial charge in [0.05, 0.1) is 23.7 Å². The van der Waals surface area contributed by atoms with E-state index in [1.54, 1.807) is 12.1 Å². The van der Waals surface area contributed by atoms with Gasteiger partial charge in [-0.1, -0.05) is 23.7 Å². The van der Waals surface area contributed by atoms with Crippen molar-refractivity contribution in [2.24, 2.45) is 11.8 Å². The van der Waals surface area contributed by atoms with Crippen molar-refractivity contribution in [1.29, 1.82) is 0 Å². The van der Waals surface area contributed by atoms with Crippen LogP contribution in [0.2, 0.25) is 5.02 Å². The fourth-order valence-electron chi connectivity index (χ4n) is 6.77. The highest BCUT2D eigenvalue weighted by Crippen LogP contribution is 2.49. The van der Waals surface area contributed by atoms with Gasteiger partial charge < -0.3 is 19.2 Å². The van der Waals surface area contributed by atoms with E-state index in [0.717, 1.165) is 49.8 Å². The quantitative estimate of drug-likeness (QED) is 0.323. The monoisotopic (exact) mass is 594 g/mol. The van der Waals surface area contributed by atoms with E-state index in [-0.39, 0.29) is 65.1 Å². The lowest BCUT2D eigenvalue weighted by Gasteiger charge is -2.47. The maximum atomic E-state index is 13.9. The molecule has 4 aliphatic rings. The summed E-state index contributed by atoms with van der Waals surface area (Å²) in [5.74, 6) is -0.563. The summed E-state index contributed by atoms with van der Waals surface area (Å²) >= 11 is 6.08. The second kappa shape index (κ2) is 10.9. The number of aldehydes is 1. The number of alkyl halides is 3. The predicted octanol–water partition coefficient (Wildman–Crippen LogP) is 5.81. The number of ether oxygens (including phenoxy) is 2. The van der Waals surface area contributed by atoms with Crippen LogP contribution < -0.4 is 4.74 Å². The van der Waals surface area contributed by atoms with Crippen LogP contribution in [0.1, 0.15) is 54.7 Å². The van der Waals surface area contributed by atoms with Gasteiger partial charge in [0.2, 0.25) is 0 Å². The first kappa shape index (κ1) is 28.4. The Hall–Kier alpha value is -2.69. The molecule has 3 heterocycles. The van der Waals surface area contributed by atoms with Gasteiger partial charge in [-0.05, 0) is 80.3 Å². The highest BCUT2D eigenvalue weighted by Gasteiger charge is 2.56. The third-order valence-electron chi connectivity index (χ3n) is 9.12. The van der Waals surface area contributed by atoms with E-state index < -0.39 is 17.3 Å². The van der Waals surface area contributed by atoms with Crippen LogP contribution in [0.3, 0.4) is 0 Å². The van der Waals surface area contributed by atoms with Gasteiger partial charge in [0.1, 0.15) is 23.5 Å². The molecule has 0 N–H and O–H groups in total. The normalized spacial score (nSPS) is 29.0. The molecular weight excluding hydrogens is 564 g/mol. The summed E-state index contributed by atoms with van der Waals surface area (Å²) in [6.07, 6.45) is 0.0434. The number of carbonyl (C=O) groups is 2. The van der Waals surface area contributed by atoms with E-state index in [0.29, 0.717) is 26.0 Å². The molecule has 4 atom stereocenters. The first-order valence-corrected chi connectivity index (χ1v) is 14.4. The summed E-state index contributed by atoms with van der Waals surface area (Å²) in [4.78, 5) is 29.6. The van der Waals surface area contributed by atoms with E-state index in [2.05, 4.69) is 4.90 Å². The summed E-state index contributed by atoms with van der Waals surface area (Å²) in [5, 5.41) is -0.132. The molecule has 2 aromatic rings. The van der Waals surface area contributed by atoms with Crippen LogP contribution in [0.25, 0.3) is 0 Å². The van der Waals surface area contributed by atoms with Crippen LogP contribution in [0, 0.1) is 17.7 Å². The number of likely N-dealkylation sites (tertiary alicyclic amines) is 1. The highest BCUT2D eigenvalue weighted by atomic mass is 35.5. The predicted molar refractivity (Wildman–Crippen MR) is 142 cm³/mol. The Labute approximate surface area is 240 Å². The van der Waals surface area contributed by atoms with Gasteiger partial charge in [-0.3, -0.25) is 9.69 Å². The molecule has 1 amide bonds. The zero-order chi connectivity index (χ0) is 28.9. The van der Waals surface area contributed by atoms with Crippen LogP contribution in [0.5, 0.6) is 5.75 Å². The molecule has 11 heteroatoms. The van der Waals surface area contributed by atoms with Crippen molar-refractivity contribution in [3.63, 3.8) is 0 Å². The third kappa shape index (κ3) is 5.46. The topological polar surface area (TPSA) is 59.1 Å². The smallest absolute Gasteiger partial charge is 0.416 e. The Bertz CT molecular complexity index is 1310. The molecule has 0 unspecified atom stereocenters. The first-order valence-electron chi connectivity index (χ1n) is 14.0.